The minimum absolute atomic E-state index is 0.175. The van der Waals surface area contributed by atoms with E-state index in [0.717, 1.165) is 29.7 Å². The third-order valence-electron chi connectivity index (χ3n) is 4.90. The van der Waals surface area contributed by atoms with Crippen LogP contribution in [0.5, 0.6) is 0 Å². The Morgan fingerprint density at radius 3 is 2.76 bits per heavy atom. The highest BCUT2D eigenvalue weighted by Gasteiger charge is 2.35. The molecule has 2 aromatic rings. The van der Waals surface area contributed by atoms with E-state index in [0.29, 0.717) is 32.6 Å². The van der Waals surface area contributed by atoms with Crippen molar-refractivity contribution in [2.75, 3.05) is 26.2 Å². The predicted molar refractivity (Wildman–Crippen MR) is 93.5 cm³/mol. The van der Waals surface area contributed by atoms with Crippen molar-refractivity contribution in [3.05, 3.63) is 24.0 Å². The van der Waals surface area contributed by atoms with Gasteiger partial charge >= 0.3 is 0 Å². The van der Waals surface area contributed by atoms with Gasteiger partial charge in [-0.1, -0.05) is 0 Å². The normalized spacial score (nSPS) is 20.0. The number of aromatic nitrogens is 2. The fraction of sp³-hybridized carbons (Fsp3) is 0.529. The molecule has 1 amide bonds. The third kappa shape index (κ3) is 3.16. The first-order valence-corrected chi connectivity index (χ1v) is 10.1. The van der Waals surface area contributed by atoms with Crippen molar-refractivity contribution in [2.24, 2.45) is 5.92 Å². The van der Waals surface area contributed by atoms with E-state index in [2.05, 4.69) is 9.97 Å². The van der Waals surface area contributed by atoms with E-state index in [1.807, 2.05) is 11.8 Å². The number of aromatic amines is 1. The maximum Gasteiger partial charge on any atom is 0.243 e. The summed E-state index contributed by atoms with van der Waals surface area (Å²) >= 11 is 0. The average Bonchev–Trinajstić information content (AvgIpc) is 3.37. The number of carbonyl (C=O) groups is 1. The summed E-state index contributed by atoms with van der Waals surface area (Å²) in [7, 11) is -3.57. The van der Waals surface area contributed by atoms with Crippen LogP contribution in [0.3, 0.4) is 0 Å². The molecule has 4 rings (SSSR count). The Morgan fingerprint density at radius 1 is 1.20 bits per heavy atom. The molecule has 1 saturated heterocycles. The van der Waals surface area contributed by atoms with Gasteiger partial charge in [-0.15, -0.1) is 0 Å². The Hall–Kier alpha value is -1.93. The van der Waals surface area contributed by atoms with Crippen molar-refractivity contribution in [3.8, 4) is 0 Å². The summed E-state index contributed by atoms with van der Waals surface area (Å²) < 4.78 is 27.5. The van der Waals surface area contributed by atoms with Crippen LogP contribution in [0.15, 0.2) is 23.1 Å². The van der Waals surface area contributed by atoms with Crippen LogP contribution in [0.25, 0.3) is 11.0 Å². The topological polar surface area (TPSA) is 86.4 Å². The van der Waals surface area contributed by atoms with Gasteiger partial charge in [-0.2, -0.15) is 4.31 Å². The van der Waals surface area contributed by atoms with Crippen molar-refractivity contribution in [2.45, 2.75) is 31.1 Å². The van der Waals surface area contributed by atoms with E-state index in [1.165, 1.54) is 4.31 Å². The van der Waals surface area contributed by atoms with Crippen molar-refractivity contribution in [1.82, 2.24) is 19.2 Å². The number of H-pyrrole nitrogens is 1. The summed E-state index contributed by atoms with van der Waals surface area (Å²) in [5, 5.41) is 0. The lowest BCUT2D eigenvalue weighted by molar-refractivity contribution is -0.132. The van der Waals surface area contributed by atoms with Gasteiger partial charge in [0.2, 0.25) is 15.9 Å². The van der Waals surface area contributed by atoms with Gasteiger partial charge in [0.05, 0.1) is 15.9 Å². The second kappa shape index (κ2) is 6.10. The molecular weight excluding hydrogens is 340 g/mol. The SMILES string of the molecule is Cc1nc2ccc(S(=O)(=O)N3CCCN(C(=O)C4CC4)CC3)cc2[nH]1. The Labute approximate surface area is 147 Å². The zero-order chi connectivity index (χ0) is 17.6. The molecule has 7 nitrogen and oxygen atoms in total. The fourth-order valence-electron chi connectivity index (χ4n) is 3.37. The Balaban J connectivity index is 1.55. The number of benzene rings is 1. The number of hydrogen-bond donors (Lipinski definition) is 1. The molecule has 8 heteroatoms. The lowest BCUT2D eigenvalue weighted by Crippen LogP contribution is -2.37. The van der Waals surface area contributed by atoms with Crippen LogP contribution in [0.4, 0.5) is 0 Å². The highest BCUT2D eigenvalue weighted by molar-refractivity contribution is 7.89. The van der Waals surface area contributed by atoms with Crippen LogP contribution >= 0.6 is 0 Å². The number of hydrogen-bond acceptors (Lipinski definition) is 4. The van der Waals surface area contributed by atoms with Crippen molar-refractivity contribution < 1.29 is 13.2 Å². The van der Waals surface area contributed by atoms with E-state index >= 15 is 0 Å². The van der Waals surface area contributed by atoms with Gasteiger partial charge in [0.1, 0.15) is 5.82 Å². The molecule has 1 aliphatic heterocycles. The second-order valence-corrected chi connectivity index (χ2v) is 8.80. The summed E-state index contributed by atoms with van der Waals surface area (Å²) in [4.78, 5) is 21.7. The molecule has 1 saturated carbocycles. The van der Waals surface area contributed by atoms with E-state index in [-0.39, 0.29) is 16.7 Å². The van der Waals surface area contributed by atoms with Crippen LogP contribution < -0.4 is 0 Å². The number of aryl methyl sites for hydroxylation is 1. The monoisotopic (exact) mass is 362 g/mol. The number of rotatable bonds is 3. The fourth-order valence-corrected chi connectivity index (χ4v) is 4.87. The highest BCUT2D eigenvalue weighted by atomic mass is 32.2. The Kier molecular flexibility index (Phi) is 4.04. The van der Waals surface area contributed by atoms with Gasteiger partial charge < -0.3 is 9.88 Å². The van der Waals surface area contributed by atoms with Crippen molar-refractivity contribution >= 4 is 27.0 Å². The number of imidazole rings is 1. The highest BCUT2D eigenvalue weighted by Crippen LogP contribution is 2.31. The first kappa shape index (κ1) is 16.5. The molecule has 2 fully saturated rings. The molecule has 0 unspecified atom stereocenters. The third-order valence-corrected chi connectivity index (χ3v) is 6.80. The summed E-state index contributed by atoms with van der Waals surface area (Å²) in [5.41, 5.74) is 1.48. The summed E-state index contributed by atoms with van der Waals surface area (Å²) in [6.45, 7) is 3.74. The zero-order valence-corrected chi connectivity index (χ0v) is 15.1. The standard InChI is InChI=1S/C17H22N4O3S/c1-12-18-15-6-5-14(11-16(15)19-12)25(23,24)21-8-2-7-20(9-10-21)17(22)13-3-4-13/h5-6,11,13H,2-4,7-10H2,1H3,(H,18,19). The van der Waals surface area contributed by atoms with Gasteiger partial charge in [-0.05, 0) is 44.4 Å². The molecule has 1 aromatic heterocycles. The van der Waals surface area contributed by atoms with Crippen LogP contribution in [0, 0.1) is 12.8 Å². The molecular formula is C17H22N4O3S. The molecule has 2 heterocycles. The van der Waals surface area contributed by atoms with Crippen LogP contribution in [0.2, 0.25) is 0 Å². The van der Waals surface area contributed by atoms with E-state index < -0.39 is 10.0 Å². The van der Waals surface area contributed by atoms with Crippen LogP contribution in [0.1, 0.15) is 25.1 Å². The van der Waals surface area contributed by atoms with Crippen molar-refractivity contribution in [1.29, 1.82) is 0 Å². The molecule has 0 radical (unpaired) electrons. The van der Waals surface area contributed by atoms with Gasteiger partial charge in [-0.3, -0.25) is 4.79 Å². The van der Waals surface area contributed by atoms with Crippen molar-refractivity contribution in [3.63, 3.8) is 0 Å². The minimum Gasteiger partial charge on any atom is -0.342 e. The number of nitrogens with zero attached hydrogens (tertiary/aromatic N) is 3. The number of nitrogens with one attached hydrogen (secondary N) is 1. The molecule has 25 heavy (non-hydrogen) atoms. The zero-order valence-electron chi connectivity index (χ0n) is 14.2. The smallest absolute Gasteiger partial charge is 0.243 e. The molecule has 1 aliphatic carbocycles. The molecule has 134 valence electrons. The van der Waals surface area contributed by atoms with Gasteiger partial charge in [0, 0.05) is 32.1 Å². The predicted octanol–water partition coefficient (Wildman–Crippen LogP) is 1.50. The summed E-state index contributed by atoms with van der Waals surface area (Å²) in [5.74, 6) is 1.12. The van der Waals surface area contributed by atoms with Gasteiger partial charge in [0.15, 0.2) is 0 Å². The lowest BCUT2D eigenvalue weighted by Gasteiger charge is -2.22. The maximum atomic E-state index is 13.0. The quantitative estimate of drug-likeness (QED) is 0.897. The van der Waals surface area contributed by atoms with Gasteiger partial charge in [-0.25, -0.2) is 13.4 Å². The molecule has 2 aliphatic rings. The first-order valence-electron chi connectivity index (χ1n) is 8.70. The molecule has 1 aromatic carbocycles. The number of carbonyl (C=O) groups excluding carboxylic acids is 1. The Bertz CT molecular complexity index is 917. The number of amides is 1. The summed E-state index contributed by atoms with van der Waals surface area (Å²) in [6.07, 6.45) is 2.62. The molecule has 0 atom stereocenters. The largest absolute Gasteiger partial charge is 0.342 e. The van der Waals surface area contributed by atoms with E-state index in [4.69, 9.17) is 0 Å². The number of sulfonamides is 1. The van der Waals surface area contributed by atoms with E-state index in [9.17, 15) is 13.2 Å². The first-order chi connectivity index (χ1) is 11.9. The van der Waals surface area contributed by atoms with Crippen LogP contribution in [-0.4, -0.2) is 59.7 Å². The second-order valence-electron chi connectivity index (χ2n) is 6.86. The minimum atomic E-state index is -3.57. The van der Waals surface area contributed by atoms with Gasteiger partial charge in [0.25, 0.3) is 0 Å². The average molecular weight is 362 g/mol. The lowest BCUT2D eigenvalue weighted by atomic mass is 10.3. The molecule has 0 spiro atoms. The van der Waals surface area contributed by atoms with Crippen LogP contribution in [-0.2, 0) is 14.8 Å². The Morgan fingerprint density at radius 2 is 2.00 bits per heavy atom. The molecule has 0 bridgehead atoms. The summed E-state index contributed by atoms with van der Waals surface area (Å²) in [6, 6.07) is 4.98. The maximum absolute atomic E-state index is 13.0. The van der Waals surface area contributed by atoms with E-state index in [1.54, 1.807) is 18.2 Å². The molecule has 1 N–H and O–H groups in total. The number of fused-ring (bicyclic) bond motifs is 1.